The van der Waals surface area contributed by atoms with Crippen molar-refractivity contribution < 1.29 is 18.7 Å². The van der Waals surface area contributed by atoms with Crippen LogP contribution in [0.5, 0.6) is 5.75 Å². The van der Waals surface area contributed by atoms with E-state index in [2.05, 4.69) is 46.0 Å². The van der Waals surface area contributed by atoms with Crippen LogP contribution in [-0.2, 0) is 23.2 Å². The Morgan fingerprint density at radius 1 is 1.02 bits per heavy atom. The number of hydrogen-bond donors (Lipinski definition) is 1. The van der Waals surface area contributed by atoms with Crippen molar-refractivity contribution in [1.82, 2.24) is 20.1 Å². The summed E-state index contributed by atoms with van der Waals surface area (Å²) in [6.45, 7) is 14.5. The van der Waals surface area contributed by atoms with Crippen LogP contribution in [0.2, 0.25) is 5.02 Å². The minimum atomic E-state index is -0.651. The van der Waals surface area contributed by atoms with Crippen molar-refractivity contribution in [2.75, 3.05) is 26.2 Å². The fourth-order valence-electron chi connectivity index (χ4n) is 6.87. The molecule has 1 unspecified atom stereocenters. The summed E-state index contributed by atoms with van der Waals surface area (Å²) in [5.41, 5.74) is 2.47. The van der Waals surface area contributed by atoms with Gasteiger partial charge in [0.1, 0.15) is 17.4 Å². The number of carbonyl (C=O) groups excluding carboxylic acids is 2. The number of rotatable bonds is 12. The third-order valence-electron chi connectivity index (χ3n) is 10.3. The molecule has 11 heteroatoms. The molecule has 55 heavy (non-hydrogen) atoms. The van der Waals surface area contributed by atoms with Gasteiger partial charge in [-0.05, 0) is 93.8 Å². The summed E-state index contributed by atoms with van der Waals surface area (Å²) >= 11 is 12.6. The maximum atomic E-state index is 15.0. The first kappa shape index (κ1) is 41.9. The van der Waals surface area contributed by atoms with Crippen LogP contribution in [0.15, 0.2) is 89.0 Å². The highest BCUT2D eigenvalue weighted by molar-refractivity contribution is 6.31. The Kier molecular flexibility index (Phi) is 14.2. The van der Waals surface area contributed by atoms with E-state index in [0.29, 0.717) is 85.5 Å². The van der Waals surface area contributed by atoms with Gasteiger partial charge in [-0.1, -0.05) is 80.4 Å². The van der Waals surface area contributed by atoms with Crippen LogP contribution < -0.4 is 10.1 Å². The lowest BCUT2D eigenvalue weighted by molar-refractivity contribution is -0.122. The number of amides is 3. The van der Waals surface area contributed by atoms with E-state index in [0.717, 1.165) is 16.8 Å². The molecular weight excluding hydrogens is 736 g/mol. The first-order valence-electron chi connectivity index (χ1n) is 19.2. The summed E-state index contributed by atoms with van der Waals surface area (Å²) in [4.78, 5) is 41.8. The van der Waals surface area contributed by atoms with Crippen LogP contribution in [0, 0.1) is 17.7 Å². The largest absolute Gasteiger partial charge is 0.493 e. The van der Waals surface area contributed by atoms with Crippen LogP contribution >= 0.6 is 23.2 Å². The van der Waals surface area contributed by atoms with Crippen molar-refractivity contribution >= 4 is 41.0 Å². The van der Waals surface area contributed by atoms with Gasteiger partial charge in [-0.2, -0.15) is 0 Å². The number of hydrogen-bond acceptors (Lipinski definition) is 5. The van der Waals surface area contributed by atoms with Crippen LogP contribution in [0.3, 0.4) is 0 Å². The molecule has 0 bridgehead atoms. The Balaban J connectivity index is 1.43. The molecule has 1 saturated heterocycles. The molecule has 294 valence electrons. The van der Waals surface area contributed by atoms with Gasteiger partial charge in [0.05, 0.1) is 24.3 Å². The van der Waals surface area contributed by atoms with Gasteiger partial charge in [0.25, 0.3) is 0 Å². The molecule has 3 aromatic rings. The number of halogens is 3. The molecule has 1 aliphatic heterocycles. The Morgan fingerprint density at radius 3 is 2.31 bits per heavy atom. The number of amidine groups is 1. The van der Waals surface area contributed by atoms with Crippen molar-refractivity contribution in [2.24, 2.45) is 16.8 Å². The monoisotopic (exact) mass is 789 g/mol. The standard InChI is InChI=1S/C44H54Cl2FN5O3/c1-7-55-38-27-39(43(2,3)4)49-28-37(38)41(50-44(5,6)33-12-16-35(46)17-13-33)52(29-32-8-14-34(45)15-9-32)42(54)51-24-21-31(22-25-51)26-40(53)48-23-20-30-10-18-36(47)19-11-30/h8-12,14-19,27-28,31,33H,7,13,20-26,29H2,1-6H3,(H,48,53)/b50-41-. The molecule has 2 aliphatic rings. The second-order valence-electron chi connectivity index (χ2n) is 16.0. The van der Waals surface area contributed by atoms with Crippen LogP contribution in [0.25, 0.3) is 0 Å². The molecule has 2 aromatic carbocycles. The highest BCUT2D eigenvalue weighted by Gasteiger charge is 2.35. The fourth-order valence-corrected chi connectivity index (χ4v) is 7.15. The smallest absolute Gasteiger partial charge is 0.325 e. The predicted octanol–water partition coefficient (Wildman–Crippen LogP) is 9.88. The van der Waals surface area contributed by atoms with Crippen molar-refractivity contribution in [3.63, 3.8) is 0 Å². The Bertz CT molecular complexity index is 1880. The van der Waals surface area contributed by atoms with E-state index in [1.54, 1.807) is 23.2 Å². The lowest BCUT2D eigenvalue weighted by Crippen LogP contribution is -2.50. The number of nitrogens with zero attached hydrogens (tertiary/aromatic N) is 4. The maximum absolute atomic E-state index is 15.0. The van der Waals surface area contributed by atoms with Gasteiger partial charge in [-0.25, -0.2) is 9.18 Å². The topological polar surface area (TPSA) is 87.1 Å². The third-order valence-corrected chi connectivity index (χ3v) is 10.8. The summed E-state index contributed by atoms with van der Waals surface area (Å²) < 4.78 is 19.6. The zero-order valence-electron chi connectivity index (χ0n) is 32.9. The molecule has 1 aromatic heterocycles. The molecule has 2 heterocycles. The van der Waals surface area contributed by atoms with Gasteiger partial charge in [0.15, 0.2) is 0 Å². The molecule has 0 saturated carbocycles. The van der Waals surface area contributed by atoms with E-state index in [9.17, 15) is 14.0 Å². The highest BCUT2D eigenvalue weighted by atomic mass is 35.5. The summed E-state index contributed by atoms with van der Waals surface area (Å²) in [6.07, 6.45) is 10.9. The van der Waals surface area contributed by atoms with Crippen LogP contribution in [-0.4, -0.2) is 64.3 Å². The molecule has 0 spiro atoms. The number of aromatic nitrogens is 1. The molecule has 5 rings (SSSR count). The number of aliphatic imine (C=N–C) groups is 1. The minimum absolute atomic E-state index is 0.0181. The molecular formula is C44H54Cl2FN5O3. The van der Waals surface area contributed by atoms with E-state index < -0.39 is 5.54 Å². The number of piperidine rings is 1. The van der Waals surface area contributed by atoms with E-state index >= 15 is 0 Å². The van der Waals surface area contributed by atoms with Gasteiger partial charge >= 0.3 is 6.03 Å². The zero-order valence-corrected chi connectivity index (χ0v) is 34.4. The van der Waals surface area contributed by atoms with E-state index in [4.69, 9.17) is 37.9 Å². The average Bonchev–Trinajstić information content (AvgIpc) is 3.14. The SMILES string of the molecule is CCOc1cc(C(C)(C)C)ncc1/C(=N/C(C)(C)C1C=CC(Cl)=CC1)N(Cc1ccc(Cl)cc1)C(=O)N1CCC(CC(=O)NCCc2ccc(F)cc2)CC1. The number of nitrogens with one attached hydrogen (secondary N) is 1. The fraction of sp³-hybridized carbons (Fsp3) is 0.455. The van der Waals surface area contributed by atoms with E-state index in [1.807, 2.05) is 54.3 Å². The lowest BCUT2D eigenvalue weighted by Gasteiger charge is -2.38. The summed E-state index contributed by atoms with van der Waals surface area (Å²) in [6, 6.07) is 15.6. The number of pyridine rings is 1. The number of ether oxygens (including phenoxy) is 1. The molecule has 1 N–H and O–H groups in total. The normalized spacial score (nSPS) is 16.8. The molecule has 1 fully saturated rings. The summed E-state index contributed by atoms with van der Waals surface area (Å²) in [5.74, 6) is 0.946. The van der Waals surface area contributed by atoms with Gasteiger partial charge < -0.3 is 15.0 Å². The number of allylic oxidation sites excluding steroid dienone is 3. The molecule has 8 nitrogen and oxygen atoms in total. The van der Waals surface area contributed by atoms with Crippen LogP contribution in [0.1, 0.15) is 89.6 Å². The number of carbonyl (C=O) groups is 2. The van der Waals surface area contributed by atoms with Gasteiger partial charge in [0.2, 0.25) is 5.91 Å². The average molecular weight is 791 g/mol. The Morgan fingerprint density at radius 2 is 1.69 bits per heavy atom. The summed E-state index contributed by atoms with van der Waals surface area (Å²) in [7, 11) is 0. The molecule has 1 aliphatic carbocycles. The zero-order chi connectivity index (χ0) is 39.8. The van der Waals surface area contributed by atoms with Crippen molar-refractivity contribution in [2.45, 2.75) is 91.1 Å². The highest BCUT2D eigenvalue weighted by Crippen LogP contribution is 2.35. The van der Waals surface area contributed by atoms with E-state index in [-0.39, 0.29) is 41.6 Å². The first-order valence-corrected chi connectivity index (χ1v) is 20.0. The maximum Gasteiger partial charge on any atom is 0.325 e. The second kappa shape index (κ2) is 18.6. The van der Waals surface area contributed by atoms with Crippen molar-refractivity contribution in [1.29, 1.82) is 0 Å². The Hall–Kier alpha value is -4.21. The van der Waals surface area contributed by atoms with Crippen LogP contribution in [0.4, 0.5) is 9.18 Å². The molecule has 3 amide bonds. The molecule has 0 radical (unpaired) electrons. The molecule has 1 atom stereocenters. The van der Waals surface area contributed by atoms with Gasteiger partial charge in [-0.3, -0.25) is 19.7 Å². The third kappa shape index (κ3) is 11.7. The van der Waals surface area contributed by atoms with Crippen molar-refractivity contribution in [3.8, 4) is 5.75 Å². The minimum Gasteiger partial charge on any atom is -0.493 e. The van der Waals surface area contributed by atoms with Crippen molar-refractivity contribution in [3.05, 3.63) is 117 Å². The van der Waals surface area contributed by atoms with E-state index in [1.165, 1.54) is 12.1 Å². The first-order chi connectivity index (χ1) is 26.1. The van der Waals surface area contributed by atoms with Gasteiger partial charge in [-0.15, -0.1) is 0 Å². The quantitative estimate of drug-likeness (QED) is 0.146. The number of urea groups is 1. The second-order valence-corrected chi connectivity index (χ2v) is 16.9. The lowest BCUT2D eigenvalue weighted by atomic mass is 9.83. The van der Waals surface area contributed by atoms with Gasteiger partial charge in [0, 0.05) is 65.4 Å². The number of likely N-dealkylation sites (tertiary alicyclic amines) is 1. The summed E-state index contributed by atoms with van der Waals surface area (Å²) in [5, 5.41) is 4.31. The Labute approximate surface area is 335 Å². The number of benzene rings is 2. The predicted molar refractivity (Wildman–Crippen MR) is 220 cm³/mol.